The van der Waals surface area contributed by atoms with Crippen LogP contribution in [0.25, 0.3) is 16.2 Å². The number of hydrogen-bond donors (Lipinski definition) is 1. The van der Waals surface area contributed by atoms with Crippen molar-refractivity contribution >= 4 is 28.2 Å². The summed E-state index contributed by atoms with van der Waals surface area (Å²) in [7, 11) is 2.04. The average molecular weight is 357 g/mol. The van der Waals surface area contributed by atoms with Crippen molar-refractivity contribution in [2.75, 3.05) is 25.5 Å². The average Bonchev–Trinajstić information content (AvgIpc) is 3.18. The molecular weight excluding hydrogens is 334 g/mol. The van der Waals surface area contributed by atoms with Gasteiger partial charge in [-0.15, -0.1) is 16.4 Å². The quantitative estimate of drug-likeness (QED) is 0.670. The number of hydrogen-bond acceptors (Lipinski definition) is 5. The van der Waals surface area contributed by atoms with Gasteiger partial charge in [0.15, 0.2) is 0 Å². The van der Waals surface area contributed by atoms with Crippen molar-refractivity contribution in [1.82, 2.24) is 19.5 Å². The monoisotopic (exact) mass is 357 g/mol. The zero-order chi connectivity index (χ0) is 17.6. The van der Waals surface area contributed by atoms with E-state index in [0.29, 0.717) is 12.4 Å². The van der Waals surface area contributed by atoms with Crippen LogP contribution < -0.4 is 5.32 Å². The van der Waals surface area contributed by atoms with E-state index in [1.807, 2.05) is 42.8 Å². The highest BCUT2D eigenvalue weighted by molar-refractivity contribution is 7.15. The van der Waals surface area contributed by atoms with E-state index < -0.39 is 0 Å². The van der Waals surface area contributed by atoms with E-state index in [1.54, 1.807) is 4.52 Å². The Bertz CT molecular complexity index is 826. The van der Waals surface area contributed by atoms with Gasteiger partial charge in [-0.1, -0.05) is 43.7 Å². The van der Waals surface area contributed by atoms with Gasteiger partial charge in [-0.3, -0.25) is 10.1 Å². The van der Waals surface area contributed by atoms with Gasteiger partial charge >= 0.3 is 0 Å². The standard InChI is InChI=1S/C18H23N5OS/c1-3-4-11-22(2)12-10-16(24)19-17-20-18-23(21-17)15(13-25-18)14-8-6-5-7-9-14/h5-9,13H,3-4,10-12H2,1-2H3,(H,19,21,24). The Kier molecular flexibility index (Phi) is 5.78. The number of rotatable bonds is 8. The lowest BCUT2D eigenvalue weighted by Gasteiger charge is -2.15. The molecule has 0 fully saturated rings. The van der Waals surface area contributed by atoms with Crippen LogP contribution in [0.3, 0.4) is 0 Å². The molecule has 0 spiro atoms. The molecule has 1 aromatic carbocycles. The smallest absolute Gasteiger partial charge is 0.250 e. The second-order valence-corrected chi connectivity index (χ2v) is 6.91. The fourth-order valence-electron chi connectivity index (χ4n) is 2.56. The molecule has 0 radical (unpaired) electrons. The number of benzene rings is 1. The molecule has 1 amide bonds. The van der Waals surface area contributed by atoms with Crippen LogP contribution in [0.15, 0.2) is 35.7 Å². The number of carbonyl (C=O) groups is 1. The predicted octanol–water partition coefficient (Wildman–Crippen LogP) is 3.52. The van der Waals surface area contributed by atoms with Gasteiger partial charge in [0.2, 0.25) is 16.8 Å². The first-order valence-corrected chi connectivity index (χ1v) is 9.43. The molecule has 2 aromatic heterocycles. The van der Waals surface area contributed by atoms with Crippen molar-refractivity contribution in [3.63, 3.8) is 0 Å². The summed E-state index contributed by atoms with van der Waals surface area (Å²) in [5.74, 6) is 0.313. The summed E-state index contributed by atoms with van der Waals surface area (Å²) < 4.78 is 1.78. The SMILES string of the molecule is CCCCN(C)CCC(=O)Nc1nc2scc(-c3ccccc3)n2n1. The molecule has 2 heterocycles. The van der Waals surface area contributed by atoms with Gasteiger partial charge in [-0.2, -0.15) is 4.98 Å². The van der Waals surface area contributed by atoms with Gasteiger partial charge in [0.05, 0.1) is 5.69 Å². The molecule has 3 aromatic rings. The van der Waals surface area contributed by atoms with E-state index in [-0.39, 0.29) is 5.91 Å². The summed E-state index contributed by atoms with van der Waals surface area (Å²) in [6, 6.07) is 10.0. The minimum atomic E-state index is -0.0529. The third-order valence-corrected chi connectivity index (χ3v) is 4.83. The Balaban J connectivity index is 1.63. The first-order valence-electron chi connectivity index (χ1n) is 8.55. The normalized spacial score (nSPS) is 11.3. The maximum Gasteiger partial charge on any atom is 0.250 e. The first-order chi connectivity index (χ1) is 12.2. The van der Waals surface area contributed by atoms with Crippen molar-refractivity contribution in [2.24, 2.45) is 0 Å². The Morgan fingerprint density at radius 3 is 2.84 bits per heavy atom. The summed E-state index contributed by atoms with van der Waals surface area (Å²) in [6.45, 7) is 3.92. The number of unbranched alkanes of at least 4 members (excludes halogenated alkanes) is 1. The van der Waals surface area contributed by atoms with Crippen molar-refractivity contribution in [2.45, 2.75) is 26.2 Å². The van der Waals surface area contributed by atoms with Crippen molar-refractivity contribution in [3.8, 4) is 11.3 Å². The number of carbonyl (C=O) groups excluding carboxylic acids is 1. The Hall–Kier alpha value is -2.25. The molecule has 0 saturated heterocycles. The number of thiazole rings is 1. The van der Waals surface area contributed by atoms with Crippen LogP contribution in [-0.2, 0) is 4.79 Å². The molecule has 0 unspecified atom stereocenters. The molecule has 0 saturated carbocycles. The van der Waals surface area contributed by atoms with E-state index in [2.05, 4.69) is 27.2 Å². The van der Waals surface area contributed by atoms with E-state index in [0.717, 1.165) is 42.1 Å². The maximum atomic E-state index is 12.1. The fraction of sp³-hybridized carbons (Fsp3) is 0.389. The van der Waals surface area contributed by atoms with E-state index >= 15 is 0 Å². The molecule has 25 heavy (non-hydrogen) atoms. The van der Waals surface area contributed by atoms with Crippen LogP contribution in [0.4, 0.5) is 5.95 Å². The molecule has 0 atom stereocenters. The van der Waals surface area contributed by atoms with Gasteiger partial charge in [-0.25, -0.2) is 4.52 Å². The topological polar surface area (TPSA) is 62.5 Å². The highest BCUT2D eigenvalue weighted by Crippen LogP contribution is 2.25. The number of amides is 1. The van der Waals surface area contributed by atoms with Crippen molar-refractivity contribution in [3.05, 3.63) is 35.7 Å². The van der Waals surface area contributed by atoms with E-state index in [1.165, 1.54) is 11.3 Å². The fourth-order valence-corrected chi connectivity index (χ4v) is 3.39. The highest BCUT2D eigenvalue weighted by Gasteiger charge is 2.13. The maximum absolute atomic E-state index is 12.1. The highest BCUT2D eigenvalue weighted by atomic mass is 32.1. The van der Waals surface area contributed by atoms with E-state index in [9.17, 15) is 4.79 Å². The van der Waals surface area contributed by atoms with Crippen LogP contribution in [0.2, 0.25) is 0 Å². The van der Waals surface area contributed by atoms with Gasteiger partial charge in [-0.05, 0) is 20.0 Å². The van der Waals surface area contributed by atoms with Gasteiger partial charge < -0.3 is 4.90 Å². The summed E-state index contributed by atoms with van der Waals surface area (Å²) in [6.07, 6.45) is 2.76. The number of fused-ring (bicyclic) bond motifs is 1. The zero-order valence-corrected chi connectivity index (χ0v) is 15.4. The summed E-state index contributed by atoms with van der Waals surface area (Å²) >= 11 is 1.51. The van der Waals surface area contributed by atoms with Gasteiger partial charge in [0.25, 0.3) is 0 Å². The number of nitrogens with zero attached hydrogens (tertiary/aromatic N) is 4. The third-order valence-electron chi connectivity index (χ3n) is 4.02. The van der Waals surface area contributed by atoms with Crippen LogP contribution in [0, 0.1) is 0 Å². The molecule has 6 nitrogen and oxygen atoms in total. The Morgan fingerprint density at radius 2 is 2.08 bits per heavy atom. The van der Waals surface area contributed by atoms with Crippen LogP contribution in [0.1, 0.15) is 26.2 Å². The third kappa shape index (κ3) is 4.43. The van der Waals surface area contributed by atoms with Crippen LogP contribution in [-0.4, -0.2) is 45.5 Å². The lowest BCUT2D eigenvalue weighted by molar-refractivity contribution is -0.116. The molecule has 132 valence electrons. The summed E-state index contributed by atoms with van der Waals surface area (Å²) in [5.41, 5.74) is 2.06. The minimum Gasteiger partial charge on any atom is -0.306 e. The number of aromatic nitrogens is 3. The first kappa shape index (κ1) is 17.6. The van der Waals surface area contributed by atoms with Crippen molar-refractivity contribution in [1.29, 1.82) is 0 Å². The second-order valence-electron chi connectivity index (χ2n) is 6.07. The van der Waals surface area contributed by atoms with Gasteiger partial charge in [0.1, 0.15) is 0 Å². The number of nitrogens with one attached hydrogen (secondary N) is 1. The molecule has 3 rings (SSSR count). The summed E-state index contributed by atoms with van der Waals surface area (Å²) in [5, 5.41) is 9.27. The lowest BCUT2D eigenvalue weighted by atomic mass is 10.2. The molecule has 1 N–H and O–H groups in total. The molecule has 7 heteroatoms. The van der Waals surface area contributed by atoms with Crippen LogP contribution in [0.5, 0.6) is 0 Å². The zero-order valence-electron chi connectivity index (χ0n) is 14.6. The molecule has 0 bridgehead atoms. The Labute approximate surface area is 151 Å². The predicted molar refractivity (Wildman–Crippen MR) is 102 cm³/mol. The summed E-state index contributed by atoms with van der Waals surface area (Å²) in [4.78, 5) is 19.5. The Morgan fingerprint density at radius 1 is 1.28 bits per heavy atom. The molecular formula is C18H23N5OS. The minimum absolute atomic E-state index is 0.0529. The number of anilines is 1. The lowest BCUT2D eigenvalue weighted by Crippen LogP contribution is -2.25. The molecule has 0 aliphatic carbocycles. The van der Waals surface area contributed by atoms with Gasteiger partial charge in [0, 0.05) is 23.9 Å². The van der Waals surface area contributed by atoms with Crippen LogP contribution >= 0.6 is 11.3 Å². The molecule has 0 aliphatic rings. The van der Waals surface area contributed by atoms with Crippen molar-refractivity contribution < 1.29 is 4.79 Å². The molecule has 0 aliphatic heterocycles. The van der Waals surface area contributed by atoms with E-state index in [4.69, 9.17) is 0 Å². The second kappa shape index (κ2) is 8.22. The largest absolute Gasteiger partial charge is 0.306 e.